The summed E-state index contributed by atoms with van der Waals surface area (Å²) >= 11 is 0. The number of rotatable bonds is 6. The maximum absolute atomic E-state index is 12.9. The van der Waals surface area contributed by atoms with Crippen LogP contribution in [0.1, 0.15) is 26.2 Å². The SMILES string of the molecule is CC(=O)N(CC(=O)O)C1CCCN(C(=O)COc2ccc(F)cc2)CC1. The molecule has 26 heavy (non-hydrogen) atoms. The largest absolute Gasteiger partial charge is 0.484 e. The Morgan fingerprint density at radius 2 is 1.92 bits per heavy atom. The van der Waals surface area contributed by atoms with E-state index in [1.54, 1.807) is 4.90 Å². The van der Waals surface area contributed by atoms with Crippen LogP contribution in [-0.2, 0) is 14.4 Å². The van der Waals surface area contributed by atoms with Crippen molar-refractivity contribution in [2.24, 2.45) is 0 Å². The van der Waals surface area contributed by atoms with Crippen LogP contribution in [-0.4, -0.2) is 65.0 Å². The molecule has 0 spiro atoms. The van der Waals surface area contributed by atoms with Crippen LogP contribution in [0.3, 0.4) is 0 Å². The van der Waals surface area contributed by atoms with Gasteiger partial charge < -0.3 is 19.6 Å². The lowest BCUT2D eigenvalue weighted by Gasteiger charge is -2.28. The average Bonchev–Trinajstić information content (AvgIpc) is 2.84. The van der Waals surface area contributed by atoms with Gasteiger partial charge in [0, 0.05) is 26.1 Å². The molecule has 0 bridgehead atoms. The number of carbonyl (C=O) groups is 3. The third-order valence-corrected chi connectivity index (χ3v) is 4.38. The van der Waals surface area contributed by atoms with Gasteiger partial charge in [0.2, 0.25) is 5.91 Å². The van der Waals surface area contributed by atoms with E-state index in [0.717, 1.165) is 0 Å². The summed E-state index contributed by atoms with van der Waals surface area (Å²) in [7, 11) is 0. The first-order chi connectivity index (χ1) is 12.4. The fourth-order valence-corrected chi connectivity index (χ4v) is 3.05. The summed E-state index contributed by atoms with van der Waals surface area (Å²) in [6, 6.07) is 5.24. The predicted molar refractivity (Wildman–Crippen MR) is 91.1 cm³/mol. The number of ether oxygens (including phenoxy) is 1. The van der Waals surface area contributed by atoms with Gasteiger partial charge in [0.05, 0.1) is 0 Å². The highest BCUT2D eigenvalue weighted by molar-refractivity contribution is 5.80. The summed E-state index contributed by atoms with van der Waals surface area (Å²) in [6.45, 7) is 1.83. The molecule has 1 unspecified atom stereocenters. The second-order valence-corrected chi connectivity index (χ2v) is 6.25. The lowest BCUT2D eigenvalue weighted by Crippen LogP contribution is -2.43. The Kier molecular flexibility index (Phi) is 6.94. The first kappa shape index (κ1) is 19.7. The fraction of sp³-hybridized carbons (Fsp3) is 0.500. The molecule has 7 nitrogen and oxygen atoms in total. The zero-order chi connectivity index (χ0) is 19.1. The lowest BCUT2D eigenvalue weighted by molar-refractivity contribution is -0.145. The Morgan fingerprint density at radius 3 is 2.54 bits per heavy atom. The molecular formula is C18H23FN2O5. The number of benzene rings is 1. The molecule has 1 aliphatic heterocycles. The van der Waals surface area contributed by atoms with Gasteiger partial charge in [-0.1, -0.05) is 0 Å². The van der Waals surface area contributed by atoms with Crippen LogP contribution in [0.4, 0.5) is 4.39 Å². The molecule has 1 aromatic carbocycles. The monoisotopic (exact) mass is 366 g/mol. The van der Waals surface area contributed by atoms with Crippen molar-refractivity contribution in [2.45, 2.75) is 32.2 Å². The van der Waals surface area contributed by atoms with Crippen molar-refractivity contribution in [1.29, 1.82) is 0 Å². The maximum Gasteiger partial charge on any atom is 0.323 e. The summed E-state index contributed by atoms with van der Waals surface area (Å²) in [6.07, 6.45) is 1.85. The van der Waals surface area contributed by atoms with Crippen molar-refractivity contribution in [3.63, 3.8) is 0 Å². The van der Waals surface area contributed by atoms with E-state index in [2.05, 4.69) is 0 Å². The van der Waals surface area contributed by atoms with Crippen molar-refractivity contribution < 1.29 is 28.6 Å². The summed E-state index contributed by atoms with van der Waals surface area (Å²) in [5, 5.41) is 8.97. The minimum atomic E-state index is -1.05. The van der Waals surface area contributed by atoms with E-state index in [-0.39, 0.29) is 36.8 Å². The predicted octanol–water partition coefficient (Wildman–Crippen LogP) is 1.52. The molecule has 142 valence electrons. The molecule has 2 rings (SSSR count). The highest BCUT2D eigenvalue weighted by atomic mass is 19.1. The summed E-state index contributed by atoms with van der Waals surface area (Å²) < 4.78 is 18.2. The molecule has 1 saturated heterocycles. The minimum Gasteiger partial charge on any atom is -0.484 e. The molecule has 1 aliphatic rings. The van der Waals surface area contributed by atoms with Gasteiger partial charge >= 0.3 is 5.97 Å². The number of nitrogens with zero attached hydrogens (tertiary/aromatic N) is 2. The zero-order valence-corrected chi connectivity index (χ0v) is 14.7. The number of halogens is 1. The molecule has 1 aromatic rings. The van der Waals surface area contributed by atoms with Crippen molar-refractivity contribution in [1.82, 2.24) is 9.80 Å². The molecule has 8 heteroatoms. The van der Waals surface area contributed by atoms with Crippen molar-refractivity contribution in [2.75, 3.05) is 26.2 Å². The third kappa shape index (κ3) is 5.72. The molecular weight excluding hydrogens is 343 g/mol. The second kappa shape index (κ2) is 9.17. The normalized spacial score (nSPS) is 17.3. The molecule has 0 radical (unpaired) electrons. The fourth-order valence-electron chi connectivity index (χ4n) is 3.05. The number of aliphatic carboxylic acids is 1. The number of carboxylic acid groups (broad SMARTS) is 1. The number of hydrogen-bond acceptors (Lipinski definition) is 4. The van der Waals surface area contributed by atoms with Gasteiger partial charge in [-0.3, -0.25) is 14.4 Å². The van der Waals surface area contributed by atoms with Crippen molar-refractivity contribution >= 4 is 17.8 Å². The molecule has 0 saturated carbocycles. The van der Waals surface area contributed by atoms with E-state index in [9.17, 15) is 18.8 Å². The van der Waals surface area contributed by atoms with Crippen LogP contribution >= 0.6 is 0 Å². The highest BCUT2D eigenvalue weighted by Crippen LogP contribution is 2.18. The third-order valence-electron chi connectivity index (χ3n) is 4.38. The Morgan fingerprint density at radius 1 is 1.23 bits per heavy atom. The number of hydrogen-bond donors (Lipinski definition) is 1. The lowest BCUT2D eigenvalue weighted by atomic mass is 10.1. The van der Waals surface area contributed by atoms with Crippen LogP contribution in [0.2, 0.25) is 0 Å². The van der Waals surface area contributed by atoms with Crippen molar-refractivity contribution in [3.05, 3.63) is 30.1 Å². The minimum absolute atomic E-state index is 0.151. The van der Waals surface area contributed by atoms with E-state index in [1.165, 1.54) is 36.1 Å². The zero-order valence-electron chi connectivity index (χ0n) is 14.7. The van der Waals surface area contributed by atoms with Gasteiger partial charge in [-0.2, -0.15) is 0 Å². The first-order valence-electron chi connectivity index (χ1n) is 8.52. The topological polar surface area (TPSA) is 87.2 Å². The van der Waals surface area contributed by atoms with E-state index < -0.39 is 5.97 Å². The quantitative estimate of drug-likeness (QED) is 0.825. The van der Waals surface area contributed by atoms with Crippen LogP contribution < -0.4 is 4.74 Å². The van der Waals surface area contributed by atoms with Gasteiger partial charge in [0.1, 0.15) is 18.1 Å². The molecule has 0 aromatic heterocycles. The average molecular weight is 366 g/mol. The van der Waals surface area contributed by atoms with Gasteiger partial charge in [-0.25, -0.2) is 4.39 Å². The maximum atomic E-state index is 12.9. The summed E-state index contributed by atoms with van der Waals surface area (Å²) in [4.78, 5) is 38.0. The smallest absolute Gasteiger partial charge is 0.323 e. The van der Waals surface area contributed by atoms with Crippen LogP contribution in [0, 0.1) is 5.82 Å². The van der Waals surface area contributed by atoms with Gasteiger partial charge in [-0.15, -0.1) is 0 Å². The van der Waals surface area contributed by atoms with E-state index in [1.807, 2.05) is 0 Å². The standard InChI is InChI=1S/C18H23FN2O5/c1-13(22)21(11-18(24)25)15-3-2-9-20(10-8-15)17(23)12-26-16-6-4-14(19)5-7-16/h4-7,15H,2-3,8-12H2,1H3,(H,24,25). The molecule has 1 atom stereocenters. The second-order valence-electron chi connectivity index (χ2n) is 6.25. The Labute approximate surface area is 151 Å². The highest BCUT2D eigenvalue weighted by Gasteiger charge is 2.27. The molecule has 2 amide bonds. The van der Waals surface area contributed by atoms with E-state index >= 15 is 0 Å². The Bertz CT molecular complexity index is 649. The van der Waals surface area contributed by atoms with Crippen LogP contribution in [0.5, 0.6) is 5.75 Å². The number of carbonyl (C=O) groups excluding carboxylic acids is 2. The van der Waals surface area contributed by atoms with Crippen LogP contribution in [0.15, 0.2) is 24.3 Å². The first-order valence-corrected chi connectivity index (χ1v) is 8.52. The number of amides is 2. The van der Waals surface area contributed by atoms with Crippen LogP contribution in [0.25, 0.3) is 0 Å². The van der Waals surface area contributed by atoms with E-state index in [4.69, 9.17) is 9.84 Å². The van der Waals surface area contributed by atoms with Gasteiger partial charge in [0.15, 0.2) is 6.61 Å². The summed E-state index contributed by atoms with van der Waals surface area (Å²) in [5.41, 5.74) is 0. The molecule has 1 heterocycles. The Hall–Kier alpha value is -2.64. The van der Waals surface area contributed by atoms with Crippen molar-refractivity contribution in [3.8, 4) is 5.75 Å². The molecule has 0 aliphatic carbocycles. The molecule has 1 fully saturated rings. The van der Waals surface area contributed by atoms with Gasteiger partial charge in [-0.05, 0) is 43.5 Å². The summed E-state index contributed by atoms with van der Waals surface area (Å²) in [5.74, 6) is -1.49. The number of likely N-dealkylation sites (tertiary alicyclic amines) is 1. The van der Waals surface area contributed by atoms with E-state index in [0.29, 0.717) is 38.1 Å². The number of carboxylic acids is 1. The molecule has 1 N–H and O–H groups in total. The van der Waals surface area contributed by atoms with Gasteiger partial charge in [0.25, 0.3) is 5.91 Å². The Balaban J connectivity index is 1.88.